The van der Waals surface area contributed by atoms with Gasteiger partial charge in [-0.3, -0.25) is 14.4 Å². The fraction of sp³-hybridized carbons (Fsp3) is 0.474. The van der Waals surface area contributed by atoms with Crippen molar-refractivity contribution >= 4 is 23.8 Å². The summed E-state index contributed by atoms with van der Waals surface area (Å²) in [6, 6.07) is 1.95. The molecule has 0 heterocycles. The van der Waals surface area contributed by atoms with E-state index in [-0.39, 0.29) is 18.8 Å². The van der Waals surface area contributed by atoms with Crippen LogP contribution in [0.5, 0.6) is 0 Å². The van der Waals surface area contributed by atoms with Gasteiger partial charge in [-0.15, -0.1) is 0 Å². The number of hydrogen-bond acceptors (Lipinski definition) is 6. The van der Waals surface area contributed by atoms with Gasteiger partial charge in [0.2, 0.25) is 5.91 Å². The Balaban J connectivity index is 2.95. The van der Waals surface area contributed by atoms with Crippen LogP contribution >= 0.6 is 0 Å². The van der Waals surface area contributed by atoms with Crippen LogP contribution in [0.3, 0.4) is 0 Å². The van der Waals surface area contributed by atoms with E-state index in [9.17, 15) is 37.5 Å². The number of carboxylic acid groups (broad SMARTS) is 1. The number of carbonyl (C=O) groups excluding carboxylic acids is 3. The van der Waals surface area contributed by atoms with Gasteiger partial charge in [0.25, 0.3) is 0 Å². The molecule has 0 unspecified atom stereocenters. The number of carbonyl (C=O) groups is 4. The highest BCUT2D eigenvalue weighted by atomic mass is 19.4. The van der Waals surface area contributed by atoms with Gasteiger partial charge in [-0.05, 0) is 31.5 Å². The van der Waals surface area contributed by atoms with Crippen molar-refractivity contribution in [3.63, 3.8) is 0 Å². The van der Waals surface area contributed by atoms with Crippen LogP contribution in [0.15, 0.2) is 24.3 Å². The smallest absolute Gasteiger partial charge is 0.416 e. The first-order chi connectivity index (χ1) is 14.0. The molecule has 0 aliphatic heterocycles. The molecule has 0 aromatic heterocycles. The van der Waals surface area contributed by atoms with Crippen molar-refractivity contribution in [2.75, 3.05) is 13.2 Å². The molecule has 2 atom stereocenters. The lowest BCUT2D eigenvalue weighted by Crippen LogP contribution is -2.50. The second-order valence-corrected chi connectivity index (χ2v) is 6.12. The summed E-state index contributed by atoms with van der Waals surface area (Å²) in [6.45, 7) is 2.94. The van der Waals surface area contributed by atoms with Gasteiger partial charge >= 0.3 is 24.1 Å². The molecule has 0 aliphatic rings. The topological polar surface area (TPSA) is 119 Å². The number of ether oxygens (including phenoxy) is 2. The van der Waals surface area contributed by atoms with E-state index in [4.69, 9.17) is 9.47 Å². The van der Waals surface area contributed by atoms with Gasteiger partial charge in [0.1, 0.15) is 6.04 Å². The molecule has 0 saturated carbocycles. The molecule has 11 heteroatoms. The molecule has 1 aromatic carbocycles. The van der Waals surface area contributed by atoms with Gasteiger partial charge in [0, 0.05) is 0 Å². The zero-order valence-corrected chi connectivity index (χ0v) is 16.3. The average Bonchev–Trinajstić information content (AvgIpc) is 2.64. The van der Waals surface area contributed by atoms with Gasteiger partial charge in [-0.25, -0.2) is 4.79 Å². The quantitative estimate of drug-likeness (QED) is 0.542. The molecule has 0 aliphatic carbocycles. The van der Waals surface area contributed by atoms with Crippen LogP contribution < -0.4 is 5.32 Å². The maximum absolute atomic E-state index is 12.6. The lowest BCUT2D eigenvalue weighted by atomic mass is 9.95. The van der Waals surface area contributed by atoms with Crippen LogP contribution in [0.25, 0.3) is 0 Å². The number of benzene rings is 1. The van der Waals surface area contributed by atoms with E-state index >= 15 is 0 Å². The Morgan fingerprint density at radius 2 is 1.60 bits per heavy atom. The fourth-order valence-corrected chi connectivity index (χ4v) is 2.54. The van der Waals surface area contributed by atoms with E-state index in [1.807, 2.05) is 0 Å². The highest BCUT2D eigenvalue weighted by Crippen LogP contribution is 2.29. The monoisotopic (exact) mass is 433 g/mol. The minimum Gasteiger partial charge on any atom is -0.480 e. The number of esters is 2. The van der Waals surface area contributed by atoms with Crippen LogP contribution in [0, 0.1) is 5.92 Å². The average molecular weight is 433 g/mol. The van der Waals surface area contributed by atoms with Gasteiger partial charge in [0.05, 0.1) is 37.5 Å². The number of rotatable bonds is 10. The summed E-state index contributed by atoms with van der Waals surface area (Å²) in [5.41, 5.74) is -0.699. The van der Waals surface area contributed by atoms with Crippen molar-refractivity contribution in [1.82, 2.24) is 5.32 Å². The second-order valence-electron chi connectivity index (χ2n) is 6.12. The van der Waals surface area contributed by atoms with Crippen molar-refractivity contribution in [2.45, 2.75) is 38.9 Å². The SMILES string of the molecule is CCOC(=O)C[C@@H](C(=O)OCC)[C@@H](NC(=O)Cc1ccc(C(F)(F)F)cc1)C(=O)O. The summed E-state index contributed by atoms with van der Waals surface area (Å²) in [7, 11) is 0. The van der Waals surface area contributed by atoms with Crippen LogP contribution in [-0.2, 0) is 41.2 Å². The number of alkyl halides is 3. The van der Waals surface area contributed by atoms with Gasteiger partial charge < -0.3 is 19.9 Å². The Bertz CT molecular complexity index is 762. The summed E-state index contributed by atoms with van der Waals surface area (Å²) < 4.78 is 47.3. The van der Waals surface area contributed by atoms with E-state index in [0.29, 0.717) is 0 Å². The minimum absolute atomic E-state index is 0.00635. The first-order valence-corrected chi connectivity index (χ1v) is 9.00. The van der Waals surface area contributed by atoms with Crippen molar-refractivity contribution in [3.05, 3.63) is 35.4 Å². The van der Waals surface area contributed by atoms with Crippen LogP contribution in [0.2, 0.25) is 0 Å². The second kappa shape index (κ2) is 11.2. The van der Waals surface area contributed by atoms with Crippen molar-refractivity contribution in [1.29, 1.82) is 0 Å². The summed E-state index contributed by atoms with van der Waals surface area (Å²) in [4.78, 5) is 47.8. The Hall–Kier alpha value is -3.11. The van der Waals surface area contributed by atoms with Crippen molar-refractivity contribution in [2.24, 2.45) is 5.92 Å². The first kappa shape index (κ1) is 24.9. The number of aliphatic carboxylic acids is 1. The lowest BCUT2D eigenvalue weighted by Gasteiger charge is -2.23. The molecule has 0 spiro atoms. The van der Waals surface area contributed by atoms with E-state index in [0.717, 1.165) is 24.3 Å². The zero-order valence-electron chi connectivity index (χ0n) is 16.3. The molecule has 1 aromatic rings. The first-order valence-electron chi connectivity index (χ1n) is 9.00. The molecule has 1 rings (SSSR count). The van der Waals surface area contributed by atoms with Crippen molar-refractivity contribution < 1.29 is 46.9 Å². The Morgan fingerprint density at radius 1 is 1.03 bits per heavy atom. The maximum Gasteiger partial charge on any atom is 0.416 e. The third-order valence-corrected chi connectivity index (χ3v) is 3.91. The maximum atomic E-state index is 12.6. The van der Waals surface area contributed by atoms with Gasteiger partial charge in [-0.2, -0.15) is 13.2 Å². The number of carboxylic acids is 1. The van der Waals surface area contributed by atoms with Gasteiger partial charge in [-0.1, -0.05) is 12.1 Å². The van der Waals surface area contributed by atoms with Gasteiger partial charge in [0.15, 0.2) is 0 Å². The van der Waals surface area contributed by atoms with Crippen LogP contribution in [0.1, 0.15) is 31.4 Å². The Kier molecular flexibility index (Phi) is 9.28. The molecular formula is C19H22F3NO7. The fourth-order valence-electron chi connectivity index (χ4n) is 2.54. The number of hydrogen-bond donors (Lipinski definition) is 2. The van der Waals surface area contributed by atoms with Crippen LogP contribution in [-0.4, -0.2) is 48.2 Å². The van der Waals surface area contributed by atoms with Crippen LogP contribution in [0.4, 0.5) is 13.2 Å². The summed E-state index contributed by atoms with van der Waals surface area (Å²) >= 11 is 0. The Morgan fingerprint density at radius 3 is 2.07 bits per heavy atom. The number of amides is 1. The minimum atomic E-state index is -4.53. The van der Waals surface area contributed by atoms with E-state index in [1.54, 1.807) is 0 Å². The molecule has 30 heavy (non-hydrogen) atoms. The van der Waals surface area contributed by atoms with E-state index in [1.165, 1.54) is 13.8 Å². The highest BCUT2D eigenvalue weighted by molar-refractivity contribution is 5.91. The van der Waals surface area contributed by atoms with Crippen molar-refractivity contribution in [3.8, 4) is 0 Å². The van der Waals surface area contributed by atoms with E-state index in [2.05, 4.69) is 5.32 Å². The predicted molar refractivity (Wildman–Crippen MR) is 96.1 cm³/mol. The molecule has 1 amide bonds. The molecular weight excluding hydrogens is 411 g/mol. The standard InChI is InChI=1S/C19H22F3NO7/c1-3-29-15(25)10-13(18(28)30-4-2)16(17(26)27)23-14(24)9-11-5-7-12(8-6-11)19(20,21)22/h5-8,13,16H,3-4,9-10H2,1-2H3,(H,23,24)(H,26,27)/t13-,16-/m1/s1. The summed E-state index contributed by atoms with van der Waals surface area (Å²) in [5, 5.41) is 11.6. The Labute approximate surface area is 170 Å². The number of halogens is 3. The third kappa shape index (κ3) is 7.72. The molecule has 0 saturated heterocycles. The molecule has 8 nitrogen and oxygen atoms in total. The largest absolute Gasteiger partial charge is 0.480 e. The molecule has 166 valence electrons. The summed E-state index contributed by atoms with van der Waals surface area (Å²) in [5.74, 6) is -5.84. The molecule has 0 bridgehead atoms. The zero-order chi connectivity index (χ0) is 22.9. The molecule has 0 radical (unpaired) electrons. The molecule has 0 fully saturated rings. The third-order valence-electron chi connectivity index (χ3n) is 3.91. The summed E-state index contributed by atoms with van der Waals surface area (Å²) in [6.07, 6.45) is -5.60. The normalized spacial score (nSPS) is 13.1. The highest BCUT2D eigenvalue weighted by Gasteiger charge is 2.38. The predicted octanol–water partition coefficient (Wildman–Crippen LogP) is 1.95. The lowest BCUT2D eigenvalue weighted by molar-refractivity contribution is -0.160. The molecule has 2 N–H and O–H groups in total. The number of nitrogens with one attached hydrogen (secondary N) is 1. The van der Waals surface area contributed by atoms with E-state index < -0.39 is 60.4 Å².